The Morgan fingerprint density at radius 2 is 1.55 bits per heavy atom. The molecule has 0 bridgehead atoms. The largest absolute Gasteiger partial charge is 0.369 e. The van der Waals surface area contributed by atoms with Gasteiger partial charge in [0, 0.05) is 49.5 Å². The summed E-state index contributed by atoms with van der Waals surface area (Å²) in [5, 5.41) is 5.65. The van der Waals surface area contributed by atoms with Crippen molar-refractivity contribution >= 4 is 38.5 Å². The van der Waals surface area contributed by atoms with Crippen LogP contribution in [0.25, 0.3) is 26.7 Å². The van der Waals surface area contributed by atoms with E-state index in [9.17, 15) is 8.42 Å². The Balaban J connectivity index is 1.29. The average molecular weight is 589 g/mol. The fraction of sp³-hybridized carbons (Fsp3) is 0.194. The predicted molar refractivity (Wildman–Crippen MR) is 164 cm³/mol. The summed E-state index contributed by atoms with van der Waals surface area (Å²) < 4.78 is 26.1. The van der Waals surface area contributed by atoms with Crippen molar-refractivity contribution in [2.24, 2.45) is 0 Å². The molecular weight excluding hydrogens is 560 g/mol. The van der Waals surface area contributed by atoms with Gasteiger partial charge in [0.05, 0.1) is 31.9 Å². The van der Waals surface area contributed by atoms with Crippen LogP contribution in [0.15, 0.2) is 102 Å². The molecule has 3 heterocycles. The zero-order valence-corrected chi connectivity index (χ0v) is 24.5. The number of benzene rings is 3. The number of anilines is 1. The highest BCUT2D eigenvalue weighted by Gasteiger charge is 2.21. The maximum absolute atomic E-state index is 12.1. The Morgan fingerprint density at radius 3 is 2.30 bits per heavy atom. The quantitative estimate of drug-likeness (QED) is 0.213. The summed E-state index contributed by atoms with van der Waals surface area (Å²) in [4.78, 5) is 7.21. The third-order valence-electron chi connectivity index (χ3n) is 7.12. The lowest BCUT2D eigenvalue weighted by Crippen LogP contribution is -2.46. The molecule has 0 spiro atoms. The van der Waals surface area contributed by atoms with Crippen LogP contribution < -0.4 is 4.90 Å². The molecule has 0 saturated carbocycles. The van der Waals surface area contributed by atoms with Crippen LogP contribution >= 0.6 is 22.9 Å². The van der Waals surface area contributed by atoms with Crippen molar-refractivity contribution in [3.8, 4) is 26.7 Å². The summed E-state index contributed by atoms with van der Waals surface area (Å²) in [6.45, 7) is 4.62. The second kappa shape index (κ2) is 11.2. The molecule has 6 rings (SSSR count). The summed E-state index contributed by atoms with van der Waals surface area (Å²) in [7, 11) is -3.29. The third kappa shape index (κ3) is 5.71. The lowest BCUT2D eigenvalue weighted by Gasteiger charge is -2.35. The van der Waals surface area contributed by atoms with Crippen molar-refractivity contribution in [2.45, 2.75) is 11.4 Å². The molecule has 0 radical (unpaired) electrons. The smallest absolute Gasteiger partial charge is 0.175 e. The van der Waals surface area contributed by atoms with E-state index in [0.29, 0.717) is 9.92 Å². The molecule has 0 aliphatic carbocycles. The van der Waals surface area contributed by atoms with Crippen LogP contribution in [0, 0.1) is 0 Å². The highest BCUT2D eigenvalue weighted by atomic mass is 35.5. The van der Waals surface area contributed by atoms with Gasteiger partial charge in [-0.3, -0.25) is 4.90 Å². The molecule has 1 saturated heterocycles. The molecule has 3 aromatic carbocycles. The van der Waals surface area contributed by atoms with Gasteiger partial charge in [0.15, 0.2) is 9.84 Å². The number of piperazine rings is 1. The molecule has 6 nitrogen and oxygen atoms in total. The second-order valence-electron chi connectivity index (χ2n) is 9.95. The van der Waals surface area contributed by atoms with E-state index < -0.39 is 9.84 Å². The van der Waals surface area contributed by atoms with E-state index in [4.69, 9.17) is 16.7 Å². The van der Waals surface area contributed by atoms with E-state index in [2.05, 4.69) is 52.3 Å². The summed E-state index contributed by atoms with van der Waals surface area (Å²) in [5.74, 6) is 0. The number of halogens is 1. The Bertz CT molecular complexity index is 1740. The minimum Gasteiger partial charge on any atom is -0.369 e. The van der Waals surface area contributed by atoms with Gasteiger partial charge in [-0.25, -0.2) is 13.1 Å². The Kier molecular flexibility index (Phi) is 7.51. The van der Waals surface area contributed by atoms with E-state index in [0.717, 1.165) is 65.1 Å². The van der Waals surface area contributed by atoms with Crippen LogP contribution in [-0.2, 0) is 16.4 Å². The topological polar surface area (TPSA) is 58.4 Å². The van der Waals surface area contributed by atoms with Gasteiger partial charge in [0.25, 0.3) is 0 Å². The molecule has 1 aliphatic rings. The number of para-hydroxylation sites is 2. The lowest BCUT2D eigenvalue weighted by molar-refractivity contribution is 0.246. The zero-order chi connectivity index (χ0) is 27.7. The zero-order valence-electron chi connectivity index (χ0n) is 22.1. The summed E-state index contributed by atoms with van der Waals surface area (Å²) in [6, 6.07) is 31.6. The van der Waals surface area contributed by atoms with Gasteiger partial charge in [-0.15, -0.1) is 11.3 Å². The van der Waals surface area contributed by atoms with Gasteiger partial charge >= 0.3 is 0 Å². The van der Waals surface area contributed by atoms with Crippen molar-refractivity contribution < 1.29 is 8.42 Å². The first-order chi connectivity index (χ1) is 19.3. The molecule has 204 valence electrons. The van der Waals surface area contributed by atoms with E-state index in [1.165, 1.54) is 11.9 Å². The van der Waals surface area contributed by atoms with Crippen molar-refractivity contribution in [3.63, 3.8) is 0 Å². The maximum atomic E-state index is 12.1. The standard InChI is InChI=1S/C31H29ClN4O2S2/c1-40(37,38)26-11-7-8-23(20-26)30-14-15-31(39-30)29-21-24(33-36(29)28-13-6-5-12-27(28)32)22-34-16-18-35(19-17-34)25-9-3-2-4-10-25/h2-15,20-21H,16-19,22H2,1H3. The monoisotopic (exact) mass is 588 g/mol. The second-order valence-corrected chi connectivity index (χ2v) is 13.5. The number of rotatable bonds is 7. The van der Waals surface area contributed by atoms with Crippen LogP contribution in [0.4, 0.5) is 5.69 Å². The Morgan fingerprint density at radius 1 is 0.825 bits per heavy atom. The van der Waals surface area contributed by atoms with E-state index in [1.807, 2.05) is 41.1 Å². The third-order valence-corrected chi connectivity index (χ3v) is 9.71. The van der Waals surface area contributed by atoms with Crippen LogP contribution in [0.3, 0.4) is 0 Å². The number of sulfone groups is 1. The fourth-order valence-corrected chi connectivity index (χ4v) is 6.92. The molecule has 1 aliphatic heterocycles. The minimum absolute atomic E-state index is 0.315. The van der Waals surface area contributed by atoms with E-state index in [-0.39, 0.29) is 0 Å². The van der Waals surface area contributed by atoms with E-state index >= 15 is 0 Å². The molecule has 2 aromatic heterocycles. The van der Waals surface area contributed by atoms with Crippen molar-refractivity contribution in [1.29, 1.82) is 0 Å². The van der Waals surface area contributed by atoms with Crippen molar-refractivity contribution in [3.05, 3.63) is 108 Å². The highest BCUT2D eigenvalue weighted by Crippen LogP contribution is 2.37. The van der Waals surface area contributed by atoms with Crippen LogP contribution in [-0.4, -0.2) is 55.5 Å². The van der Waals surface area contributed by atoms with Crippen LogP contribution in [0.5, 0.6) is 0 Å². The molecule has 0 N–H and O–H groups in total. The Labute approximate surface area is 244 Å². The fourth-order valence-electron chi connectivity index (χ4n) is 5.03. The number of aromatic nitrogens is 2. The van der Waals surface area contributed by atoms with Crippen LogP contribution in [0.1, 0.15) is 5.69 Å². The highest BCUT2D eigenvalue weighted by molar-refractivity contribution is 7.90. The summed E-state index contributed by atoms with van der Waals surface area (Å²) >= 11 is 8.24. The molecular formula is C31H29ClN4O2S2. The van der Waals surface area contributed by atoms with E-state index in [1.54, 1.807) is 29.5 Å². The Hall–Kier alpha value is -3.43. The van der Waals surface area contributed by atoms with Gasteiger partial charge in [-0.2, -0.15) is 5.10 Å². The molecule has 1 fully saturated rings. The molecule has 40 heavy (non-hydrogen) atoms. The SMILES string of the molecule is CS(=O)(=O)c1cccc(-c2ccc(-c3cc(CN4CCN(c5ccccc5)CC4)nn3-c3ccccc3Cl)s2)c1. The summed E-state index contributed by atoms with van der Waals surface area (Å²) in [5.41, 5.74) is 4.91. The van der Waals surface area contributed by atoms with Crippen molar-refractivity contribution in [2.75, 3.05) is 37.3 Å². The molecule has 0 unspecified atom stereocenters. The number of hydrogen-bond donors (Lipinski definition) is 0. The van der Waals surface area contributed by atoms with Crippen LogP contribution in [0.2, 0.25) is 5.02 Å². The lowest BCUT2D eigenvalue weighted by atomic mass is 10.2. The number of nitrogens with zero attached hydrogens (tertiary/aromatic N) is 4. The maximum Gasteiger partial charge on any atom is 0.175 e. The van der Waals surface area contributed by atoms with Crippen molar-refractivity contribution in [1.82, 2.24) is 14.7 Å². The first-order valence-electron chi connectivity index (χ1n) is 13.1. The molecule has 5 aromatic rings. The number of hydrogen-bond acceptors (Lipinski definition) is 6. The first-order valence-corrected chi connectivity index (χ1v) is 16.2. The molecule has 9 heteroatoms. The normalized spacial score (nSPS) is 14.5. The van der Waals surface area contributed by atoms with Gasteiger partial charge in [-0.1, -0.05) is 54.1 Å². The summed E-state index contributed by atoms with van der Waals surface area (Å²) in [6.07, 6.45) is 1.23. The minimum atomic E-state index is -3.29. The molecule has 0 amide bonds. The number of thiophene rings is 1. The molecule has 0 atom stereocenters. The van der Waals surface area contributed by atoms with Gasteiger partial charge < -0.3 is 4.90 Å². The van der Waals surface area contributed by atoms with Gasteiger partial charge in [0.2, 0.25) is 0 Å². The predicted octanol–water partition coefficient (Wildman–Crippen LogP) is 6.65. The first kappa shape index (κ1) is 26.8. The average Bonchev–Trinajstić information content (AvgIpc) is 3.62. The van der Waals surface area contributed by atoms with Gasteiger partial charge in [-0.05, 0) is 60.2 Å². The van der Waals surface area contributed by atoms with Gasteiger partial charge in [0.1, 0.15) is 0 Å².